The van der Waals surface area contributed by atoms with Crippen molar-refractivity contribution in [2.75, 3.05) is 24.6 Å². The highest BCUT2D eigenvalue weighted by Crippen LogP contribution is 2.39. The van der Waals surface area contributed by atoms with E-state index in [1.807, 2.05) is 24.8 Å². The molecule has 6 nitrogen and oxygen atoms in total. The summed E-state index contributed by atoms with van der Waals surface area (Å²) >= 11 is 0. The maximum absolute atomic E-state index is 6.22. The molecule has 2 fully saturated rings. The predicted octanol–water partition coefficient (Wildman–Crippen LogP) is 1.67. The molecule has 0 aromatic carbocycles. The Hall–Kier alpha value is -1.95. The average Bonchev–Trinajstić information content (AvgIpc) is 3.19. The van der Waals surface area contributed by atoms with Gasteiger partial charge in [-0.05, 0) is 18.9 Å². The fourth-order valence-corrected chi connectivity index (χ4v) is 3.50. The Balaban J connectivity index is 1.51. The van der Waals surface area contributed by atoms with Gasteiger partial charge in [0.25, 0.3) is 0 Å². The van der Waals surface area contributed by atoms with Crippen LogP contribution >= 0.6 is 0 Å². The van der Waals surface area contributed by atoms with Gasteiger partial charge in [-0.1, -0.05) is 0 Å². The van der Waals surface area contributed by atoms with E-state index >= 15 is 0 Å². The van der Waals surface area contributed by atoms with Gasteiger partial charge in [0.1, 0.15) is 0 Å². The summed E-state index contributed by atoms with van der Waals surface area (Å²) in [5, 5.41) is 0. The third-order valence-corrected chi connectivity index (χ3v) is 4.51. The van der Waals surface area contributed by atoms with Gasteiger partial charge in [0.05, 0.1) is 24.6 Å². The van der Waals surface area contributed by atoms with Crippen molar-refractivity contribution in [1.82, 2.24) is 19.5 Å². The zero-order chi connectivity index (χ0) is 14.1. The number of anilines is 1. The van der Waals surface area contributed by atoms with Crippen molar-refractivity contribution in [3.05, 3.63) is 37.2 Å². The molecule has 2 aromatic heterocycles. The molecule has 2 aliphatic rings. The van der Waals surface area contributed by atoms with Gasteiger partial charge in [0.2, 0.25) is 5.95 Å². The van der Waals surface area contributed by atoms with Gasteiger partial charge in [-0.2, -0.15) is 0 Å². The zero-order valence-electron chi connectivity index (χ0n) is 11.9. The molecular weight excluding hydrogens is 266 g/mol. The van der Waals surface area contributed by atoms with Crippen LogP contribution in [-0.2, 0) is 4.74 Å². The Morgan fingerprint density at radius 1 is 1.24 bits per heavy atom. The van der Waals surface area contributed by atoms with E-state index in [4.69, 9.17) is 4.74 Å². The van der Waals surface area contributed by atoms with Gasteiger partial charge in [0.15, 0.2) is 0 Å². The Morgan fingerprint density at radius 2 is 2.14 bits per heavy atom. The molecule has 4 heterocycles. The standard InChI is InChI=1S/C15H19N5O/c1-3-15(9-13(10-21-15)20-8-6-16-12-20)11-19(7-1)14-17-4-2-5-18-14/h2,4-6,8,12-13H,1,3,7,9-11H2/t13-,15+/m0/s1. The van der Waals surface area contributed by atoms with E-state index in [9.17, 15) is 0 Å². The number of ether oxygens (including phenoxy) is 1. The molecule has 0 N–H and O–H groups in total. The van der Waals surface area contributed by atoms with Gasteiger partial charge in [-0.25, -0.2) is 15.0 Å². The molecule has 6 heteroatoms. The van der Waals surface area contributed by atoms with Gasteiger partial charge in [0, 0.05) is 44.3 Å². The van der Waals surface area contributed by atoms with Crippen molar-refractivity contribution >= 4 is 5.95 Å². The highest BCUT2D eigenvalue weighted by Gasteiger charge is 2.44. The van der Waals surface area contributed by atoms with Crippen molar-refractivity contribution in [3.63, 3.8) is 0 Å². The summed E-state index contributed by atoms with van der Waals surface area (Å²) in [6, 6.07) is 2.24. The van der Waals surface area contributed by atoms with Crippen molar-refractivity contribution in [1.29, 1.82) is 0 Å². The van der Waals surface area contributed by atoms with Crippen LogP contribution in [0.5, 0.6) is 0 Å². The van der Waals surface area contributed by atoms with Crippen molar-refractivity contribution in [2.24, 2.45) is 0 Å². The second kappa shape index (κ2) is 5.11. The van der Waals surface area contributed by atoms with E-state index < -0.39 is 0 Å². The third-order valence-electron chi connectivity index (χ3n) is 4.51. The van der Waals surface area contributed by atoms with Gasteiger partial charge < -0.3 is 14.2 Å². The molecule has 2 aromatic rings. The SMILES string of the molecule is c1cnc(N2CCC[C@@]3(C[C@H](n4ccnc4)CO3)C2)nc1. The lowest BCUT2D eigenvalue weighted by Crippen LogP contribution is -2.48. The Morgan fingerprint density at radius 3 is 2.95 bits per heavy atom. The van der Waals surface area contributed by atoms with E-state index in [-0.39, 0.29) is 5.60 Å². The summed E-state index contributed by atoms with van der Waals surface area (Å²) in [6.45, 7) is 2.65. The minimum atomic E-state index is -0.0631. The Labute approximate surface area is 123 Å². The molecule has 21 heavy (non-hydrogen) atoms. The monoisotopic (exact) mass is 285 g/mol. The van der Waals surface area contributed by atoms with Crippen molar-refractivity contribution < 1.29 is 4.74 Å². The first kappa shape index (κ1) is 12.8. The highest BCUT2D eigenvalue weighted by atomic mass is 16.5. The van der Waals surface area contributed by atoms with Crippen molar-refractivity contribution in [2.45, 2.75) is 30.9 Å². The minimum Gasteiger partial charge on any atom is -0.371 e. The molecule has 4 rings (SSSR count). The lowest BCUT2D eigenvalue weighted by atomic mass is 9.89. The number of rotatable bonds is 2. The number of hydrogen-bond acceptors (Lipinski definition) is 5. The Bertz CT molecular complexity index is 587. The average molecular weight is 285 g/mol. The van der Waals surface area contributed by atoms with E-state index in [1.165, 1.54) is 0 Å². The van der Waals surface area contributed by atoms with Crippen molar-refractivity contribution in [3.8, 4) is 0 Å². The fourth-order valence-electron chi connectivity index (χ4n) is 3.50. The van der Waals surface area contributed by atoms with E-state index in [0.717, 1.165) is 44.9 Å². The first-order valence-electron chi connectivity index (χ1n) is 7.48. The lowest BCUT2D eigenvalue weighted by molar-refractivity contribution is -0.00719. The topological polar surface area (TPSA) is 56.1 Å². The molecule has 0 amide bonds. The molecule has 0 saturated carbocycles. The van der Waals surface area contributed by atoms with Crippen LogP contribution in [0.25, 0.3) is 0 Å². The molecule has 0 unspecified atom stereocenters. The van der Waals surface area contributed by atoms with Crippen LogP contribution in [0.3, 0.4) is 0 Å². The molecule has 0 bridgehead atoms. The van der Waals surface area contributed by atoms with E-state index in [1.54, 1.807) is 12.4 Å². The summed E-state index contributed by atoms with van der Waals surface area (Å²) in [4.78, 5) is 15.1. The first-order chi connectivity index (χ1) is 10.3. The maximum atomic E-state index is 6.22. The third kappa shape index (κ3) is 2.40. The summed E-state index contributed by atoms with van der Waals surface area (Å²) in [5.74, 6) is 0.811. The second-order valence-corrected chi connectivity index (χ2v) is 5.94. The molecule has 110 valence electrons. The Kier molecular flexibility index (Phi) is 3.11. The number of piperidine rings is 1. The first-order valence-corrected chi connectivity index (χ1v) is 7.48. The van der Waals surface area contributed by atoms with E-state index in [2.05, 4.69) is 24.4 Å². The molecule has 2 saturated heterocycles. The molecular formula is C15H19N5O. The lowest BCUT2D eigenvalue weighted by Gasteiger charge is -2.39. The number of imidazole rings is 1. The maximum Gasteiger partial charge on any atom is 0.225 e. The van der Waals surface area contributed by atoms with Gasteiger partial charge in [-0.15, -0.1) is 0 Å². The van der Waals surface area contributed by atoms with Crippen LogP contribution < -0.4 is 4.90 Å². The molecule has 2 aliphatic heterocycles. The molecule has 2 atom stereocenters. The molecule has 0 aliphatic carbocycles. The minimum absolute atomic E-state index is 0.0631. The fraction of sp³-hybridized carbons (Fsp3) is 0.533. The normalized spacial score (nSPS) is 29.1. The largest absolute Gasteiger partial charge is 0.371 e. The summed E-state index contributed by atoms with van der Waals surface area (Å²) in [7, 11) is 0. The summed E-state index contributed by atoms with van der Waals surface area (Å²) in [5.41, 5.74) is -0.0631. The van der Waals surface area contributed by atoms with Crippen LogP contribution in [0.2, 0.25) is 0 Å². The molecule has 1 spiro atoms. The smallest absolute Gasteiger partial charge is 0.225 e. The van der Waals surface area contributed by atoms with Crippen LogP contribution in [0.4, 0.5) is 5.95 Å². The van der Waals surface area contributed by atoms with Crippen LogP contribution in [-0.4, -0.2) is 44.8 Å². The number of hydrogen-bond donors (Lipinski definition) is 0. The second-order valence-electron chi connectivity index (χ2n) is 5.94. The number of nitrogens with zero attached hydrogens (tertiary/aromatic N) is 5. The van der Waals surface area contributed by atoms with Gasteiger partial charge in [-0.3, -0.25) is 0 Å². The van der Waals surface area contributed by atoms with Crippen LogP contribution in [0.1, 0.15) is 25.3 Å². The van der Waals surface area contributed by atoms with E-state index in [0.29, 0.717) is 6.04 Å². The van der Waals surface area contributed by atoms with Crippen LogP contribution in [0, 0.1) is 0 Å². The van der Waals surface area contributed by atoms with Crippen LogP contribution in [0.15, 0.2) is 37.2 Å². The molecule has 0 radical (unpaired) electrons. The summed E-state index contributed by atoms with van der Waals surface area (Å²) in [6.07, 6.45) is 12.6. The highest BCUT2D eigenvalue weighted by molar-refractivity contribution is 5.31. The van der Waals surface area contributed by atoms with Gasteiger partial charge >= 0.3 is 0 Å². The number of aromatic nitrogens is 4. The zero-order valence-corrected chi connectivity index (χ0v) is 11.9. The summed E-state index contributed by atoms with van der Waals surface area (Å²) < 4.78 is 8.38. The quantitative estimate of drug-likeness (QED) is 0.840. The predicted molar refractivity (Wildman–Crippen MR) is 78.0 cm³/mol.